The standard InChI is InChI=1S/C12H21N3S/c1-2-4-6-11(7-5-3-1)8-13-9-12-10-16-15-14-12/h10-11,13H,1-9H2. The zero-order chi connectivity index (χ0) is 11.1. The molecule has 1 aliphatic carbocycles. The minimum absolute atomic E-state index is 0.881. The van der Waals surface area contributed by atoms with E-state index in [1.165, 1.54) is 56.5 Å². The zero-order valence-corrected chi connectivity index (χ0v) is 10.6. The number of rotatable bonds is 4. The van der Waals surface area contributed by atoms with E-state index in [1.54, 1.807) is 0 Å². The molecule has 1 saturated carbocycles. The molecule has 1 aromatic heterocycles. The monoisotopic (exact) mass is 239 g/mol. The van der Waals surface area contributed by atoms with Crippen LogP contribution < -0.4 is 5.32 Å². The number of hydrogen-bond donors (Lipinski definition) is 1. The Bertz CT molecular complexity index is 266. The first-order valence-corrected chi connectivity index (χ1v) is 7.25. The van der Waals surface area contributed by atoms with Crippen molar-refractivity contribution in [1.82, 2.24) is 14.9 Å². The smallest absolute Gasteiger partial charge is 0.0893 e. The molecule has 2 rings (SSSR count). The third-order valence-corrected chi connectivity index (χ3v) is 3.92. The highest BCUT2D eigenvalue weighted by Gasteiger charge is 2.10. The van der Waals surface area contributed by atoms with Crippen LogP contribution in [0.3, 0.4) is 0 Å². The van der Waals surface area contributed by atoms with Gasteiger partial charge in [-0.3, -0.25) is 0 Å². The molecule has 1 heterocycles. The highest BCUT2D eigenvalue weighted by Crippen LogP contribution is 2.21. The van der Waals surface area contributed by atoms with Crippen LogP contribution in [0.4, 0.5) is 0 Å². The molecule has 1 aromatic rings. The molecule has 0 aromatic carbocycles. The fourth-order valence-electron chi connectivity index (χ4n) is 2.41. The molecule has 0 saturated heterocycles. The van der Waals surface area contributed by atoms with Gasteiger partial charge in [-0.05, 0) is 36.8 Å². The van der Waals surface area contributed by atoms with Gasteiger partial charge in [-0.15, -0.1) is 5.10 Å². The van der Waals surface area contributed by atoms with E-state index in [-0.39, 0.29) is 0 Å². The topological polar surface area (TPSA) is 37.8 Å². The molecular formula is C12H21N3S. The number of aromatic nitrogens is 2. The minimum atomic E-state index is 0.881. The van der Waals surface area contributed by atoms with Gasteiger partial charge in [-0.1, -0.05) is 36.6 Å². The molecule has 0 spiro atoms. The summed E-state index contributed by atoms with van der Waals surface area (Å²) < 4.78 is 3.87. The van der Waals surface area contributed by atoms with Crippen molar-refractivity contribution in [2.75, 3.05) is 6.54 Å². The van der Waals surface area contributed by atoms with Crippen molar-refractivity contribution in [3.8, 4) is 0 Å². The highest BCUT2D eigenvalue weighted by atomic mass is 32.1. The normalized spacial score (nSPS) is 19.2. The van der Waals surface area contributed by atoms with E-state index in [9.17, 15) is 0 Å². The van der Waals surface area contributed by atoms with Crippen LogP contribution in [0.15, 0.2) is 5.38 Å². The summed E-state index contributed by atoms with van der Waals surface area (Å²) in [4.78, 5) is 0. The second-order valence-electron chi connectivity index (χ2n) is 4.74. The van der Waals surface area contributed by atoms with Crippen molar-refractivity contribution >= 4 is 11.5 Å². The van der Waals surface area contributed by atoms with Crippen LogP contribution in [-0.2, 0) is 6.54 Å². The fraction of sp³-hybridized carbons (Fsp3) is 0.833. The van der Waals surface area contributed by atoms with E-state index in [0.29, 0.717) is 0 Å². The number of nitrogens with zero attached hydrogens (tertiary/aromatic N) is 2. The maximum Gasteiger partial charge on any atom is 0.0893 e. The predicted octanol–water partition coefficient (Wildman–Crippen LogP) is 2.99. The zero-order valence-electron chi connectivity index (χ0n) is 9.82. The number of hydrogen-bond acceptors (Lipinski definition) is 4. The van der Waals surface area contributed by atoms with Gasteiger partial charge in [0.1, 0.15) is 0 Å². The van der Waals surface area contributed by atoms with Gasteiger partial charge in [0.25, 0.3) is 0 Å². The summed E-state index contributed by atoms with van der Waals surface area (Å²) in [5.74, 6) is 0.881. The molecule has 90 valence electrons. The summed E-state index contributed by atoms with van der Waals surface area (Å²) in [7, 11) is 0. The van der Waals surface area contributed by atoms with Gasteiger partial charge in [-0.25, -0.2) is 0 Å². The third-order valence-electron chi connectivity index (χ3n) is 3.37. The molecule has 4 heteroatoms. The Morgan fingerprint density at radius 1 is 1.19 bits per heavy atom. The Morgan fingerprint density at radius 3 is 2.62 bits per heavy atom. The average molecular weight is 239 g/mol. The lowest BCUT2D eigenvalue weighted by molar-refractivity contribution is 0.360. The van der Waals surface area contributed by atoms with E-state index in [0.717, 1.165) is 24.7 Å². The Balaban J connectivity index is 1.64. The highest BCUT2D eigenvalue weighted by molar-refractivity contribution is 7.03. The third kappa shape index (κ3) is 4.18. The molecule has 0 bridgehead atoms. The quantitative estimate of drug-likeness (QED) is 0.877. The summed E-state index contributed by atoms with van der Waals surface area (Å²) in [5, 5.41) is 9.57. The molecule has 0 amide bonds. The molecule has 0 aliphatic heterocycles. The second kappa shape index (κ2) is 6.97. The largest absolute Gasteiger partial charge is 0.311 e. The Hall–Kier alpha value is -0.480. The molecule has 1 aliphatic rings. The van der Waals surface area contributed by atoms with Crippen LogP contribution in [-0.4, -0.2) is 16.1 Å². The van der Waals surface area contributed by atoms with Crippen molar-refractivity contribution < 1.29 is 0 Å². The van der Waals surface area contributed by atoms with Gasteiger partial charge in [0.2, 0.25) is 0 Å². The maximum absolute atomic E-state index is 4.04. The average Bonchev–Trinajstić information content (AvgIpc) is 2.73. The summed E-state index contributed by atoms with van der Waals surface area (Å²) in [5.41, 5.74) is 1.08. The van der Waals surface area contributed by atoms with Gasteiger partial charge in [0.05, 0.1) is 5.69 Å². The SMILES string of the molecule is c1snnc1CNCC1CCCCCCC1. The van der Waals surface area contributed by atoms with Crippen molar-refractivity contribution in [3.05, 3.63) is 11.1 Å². The lowest BCUT2D eigenvalue weighted by Crippen LogP contribution is -2.23. The second-order valence-corrected chi connectivity index (χ2v) is 5.35. The predicted molar refractivity (Wildman–Crippen MR) is 67.4 cm³/mol. The lowest BCUT2D eigenvalue weighted by atomic mass is 9.91. The molecule has 16 heavy (non-hydrogen) atoms. The van der Waals surface area contributed by atoms with Gasteiger partial charge >= 0.3 is 0 Å². The molecule has 1 N–H and O–H groups in total. The van der Waals surface area contributed by atoms with Crippen LogP contribution >= 0.6 is 11.5 Å². The van der Waals surface area contributed by atoms with E-state index in [1.807, 2.05) is 5.38 Å². The number of nitrogens with one attached hydrogen (secondary N) is 1. The lowest BCUT2D eigenvalue weighted by Gasteiger charge is -2.19. The Morgan fingerprint density at radius 2 is 1.94 bits per heavy atom. The molecule has 0 unspecified atom stereocenters. The fourth-order valence-corrected chi connectivity index (χ4v) is 2.86. The minimum Gasteiger partial charge on any atom is -0.311 e. The van der Waals surface area contributed by atoms with Gasteiger partial charge in [0, 0.05) is 11.9 Å². The van der Waals surface area contributed by atoms with Crippen LogP contribution in [0.25, 0.3) is 0 Å². The van der Waals surface area contributed by atoms with E-state index in [2.05, 4.69) is 14.9 Å². The van der Waals surface area contributed by atoms with Crippen molar-refractivity contribution in [2.24, 2.45) is 5.92 Å². The summed E-state index contributed by atoms with van der Waals surface area (Å²) in [6.45, 7) is 2.03. The van der Waals surface area contributed by atoms with E-state index >= 15 is 0 Å². The van der Waals surface area contributed by atoms with Crippen molar-refractivity contribution in [3.63, 3.8) is 0 Å². The van der Waals surface area contributed by atoms with Gasteiger partial charge in [0.15, 0.2) is 0 Å². The first-order valence-electron chi connectivity index (χ1n) is 6.42. The van der Waals surface area contributed by atoms with Crippen molar-refractivity contribution in [1.29, 1.82) is 0 Å². The summed E-state index contributed by atoms with van der Waals surface area (Å²) >= 11 is 1.43. The molecule has 0 radical (unpaired) electrons. The molecule has 3 nitrogen and oxygen atoms in total. The van der Waals surface area contributed by atoms with Crippen LogP contribution in [0.2, 0.25) is 0 Å². The van der Waals surface area contributed by atoms with Gasteiger partial charge in [-0.2, -0.15) is 0 Å². The first-order chi connectivity index (χ1) is 7.95. The Labute approximate surface area is 102 Å². The van der Waals surface area contributed by atoms with Gasteiger partial charge < -0.3 is 5.32 Å². The van der Waals surface area contributed by atoms with E-state index < -0.39 is 0 Å². The summed E-state index contributed by atoms with van der Waals surface area (Å²) in [6.07, 6.45) is 9.98. The van der Waals surface area contributed by atoms with Crippen molar-refractivity contribution in [2.45, 2.75) is 51.5 Å². The van der Waals surface area contributed by atoms with Crippen LogP contribution in [0, 0.1) is 5.92 Å². The van der Waals surface area contributed by atoms with E-state index in [4.69, 9.17) is 0 Å². The van der Waals surface area contributed by atoms with Crippen LogP contribution in [0.1, 0.15) is 50.6 Å². The molecule has 1 fully saturated rings. The van der Waals surface area contributed by atoms with Crippen LogP contribution in [0.5, 0.6) is 0 Å². The Kier molecular flexibility index (Phi) is 5.22. The summed E-state index contributed by atoms with van der Waals surface area (Å²) in [6, 6.07) is 0. The molecular weight excluding hydrogens is 218 g/mol. The first kappa shape index (κ1) is 12.0. The maximum atomic E-state index is 4.04. The molecule has 0 atom stereocenters.